The molecule has 0 aliphatic carbocycles. The van der Waals surface area contributed by atoms with Crippen molar-refractivity contribution in [1.29, 1.82) is 0 Å². The lowest BCUT2D eigenvalue weighted by molar-refractivity contribution is 0.0952. The lowest BCUT2D eigenvalue weighted by atomic mass is 10.1. The van der Waals surface area contributed by atoms with Crippen LogP contribution in [0.25, 0.3) is 0 Å². The molecule has 19 heavy (non-hydrogen) atoms. The number of carbonyl (C=O) groups excluding carboxylic acids is 1. The molecule has 0 atom stereocenters. The number of aliphatic hydroxyl groups excluding tert-OH is 1. The molecular weight excluding hydrogens is 242 g/mol. The van der Waals surface area contributed by atoms with Crippen LogP contribution in [0.1, 0.15) is 18.4 Å². The van der Waals surface area contributed by atoms with Crippen molar-refractivity contribution in [3.05, 3.63) is 47.5 Å². The molecule has 4 nitrogen and oxygen atoms in total. The summed E-state index contributed by atoms with van der Waals surface area (Å²) in [5.41, 5.74) is 2.09. The molecule has 4 heteroatoms. The van der Waals surface area contributed by atoms with Crippen molar-refractivity contribution >= 4 is 6.09 Å². The van der Waals surface area contributed by atoms with Crippen LogP contribution in [0.3, 0.4) is 0 Å². The lowest BCUT2D eigenvalue weighted by Gasteiger charge is -2.28. The predicted octanol–water partition coefficient (Wildman–Crippen LogP) is 2.34. The Morgan fingerprint density at radius 2 is 2.16 bits per heavy atom. The van der Waals surface area contributed by atoms with Crippen LogP contribution in [-0.4, -0.2) is 35.8 Å². The minimum Gasteiger partial charge on any atom is -0.445 e. The zero-order valence-electron chi connectivity index (χ0n) is 10.9. The molecule has 1 aromatic carbocycles. The summed E-state index contributed by atoms with van der Waals surface area (Å²) in [5, 5.41) is 8.88. The molecule has 1 aliphatic heterocycles. The quantitative estimate of drug-likeness (QED) is 0.850. The van der Waals surface area contributed by atoms with E-state index >= 15 is 0 Å². The molecule has 1 saturated heterocycles. The minimum absolute atomic E-state index is 0.0300. The molecule has 1 fully saturated rings. The molecule has 1 aliphatic rings. The third-order valence-electron chi connectivity index (χ3n) is 3.16. The van der Waals surface area contributed by atoms with Gasteiger partial charge in [0, 0.05) is 13.1 Å². The van der Waals surface area contributed by atoms with Gasteiger partial charge in [-0.1, -0.05) is 42.0 Å². The zero-order valence-corrected chi connectivity index (χ0v) is 10.9. The highest BCUT2D eigenvalue weighted by Crippen LogP contribution is 2.16. The number of amides is 1. The van der Waals surface area contributed by atoms with Gasteiger partial charge in [0.15, 0.2) is 0 Å². The molecule has 0 unspecified atom stereocenters. The Labute approximate surface area is 113 Å². The number of nitrogens with zero attached hydrogens (tertiary/aromatic N) is 1. The highest BCUT2D eigenvalue weighted by atomic mass is 16.6. The third-order valence-corrected chi connectivity index (χ3v) is 3.16. The molecule has 1 heterocycles. The summed E-state index contributed by atoms with van der Waals surface area (Å²) in [6.07, 6.45) is 3.36. The Hall–Kier alpha value is -1.81. The van der Waals surface area contributed by atoms with Gasteiger partial charge in [-0.25, -0.2) is 4.79 Å². The van der Waals surface area contributed by atoms with E-state index in [4.69, 9.17) is 9.84 Å². The number of benzene rings is 1. The van der Waals surface area contributed by atoms with E-state index in [0.717, 1.165) is 30.5 Å². The van der Waals surface area contributed by atoms with Crippen molar-refractivity contribution in [3.8, 4) is 0 Å². The van der Waals surface area contributed by atoms with Gasteiger partial charge in [-0.3, -0.25) is 0 Å². The first-order valence-corrected chi connectivity index (χ1v) is 6.54. The first-order valence-electron chi connectivity index (χ1n) is 6.54. The Morgan fingerprint density at radius 3 is 2.89 bits per heavy atom. The van der Waals surface area contributed by atoms with Gasteiger partial charge in [0.1, 0.15) is 6.61 Å². The second-order valence-electron chi connectivity index (χ2n) is 4.61. The molecule has 102 valence electrons. The molecule has 0 spiro atoms. The summed E-state index contributed by atoms with van der Waals surface area (Å²) in [7, 11) is 0. The van der Waals surface area contributed by atoms with Crippen molar-refractivity contribution in [3.63, 3.8) is 0 Å². The zero-order chi connectivity index (χ0) is 13.5. The van der Waals surface area contributed by atoms with Gasteiger partial charge >= 0.3 is 6.09 Å². The van der Waals surface area contributed by atoms with Crippen molar-refractivity contribution in [2.24, 2.45) is 0 Å². The maximum atomic E-state index is 11.9. The van der Waals surface area contributed by atoms with E-state index in [0.29, 0.717) is 13.2 Å². The predicted molar refractivity (Wildman–Crippen MR) is 72.6 cm³/mol. The van der Waals surface area contributed by atoms with Gasteiger partial charge in [-0.15, -0.1) is 0 Å². The van der Waals surface area contributed by atoms with Crippen LogP contribution < -0.4 is 0 Å². The van der Waals surface area contributed by atoms with Gasteiger partial charge in [0.2, 0.25) is 0 Å². The summed E-state index contributed by atoms with van der Waals surface area (Å²) in [6, 6.07) is 9.64. The maximum Gasteiger partial charge on any atom is 0.410 e. The highest BCUT2D eigenvalue weighted by Gasteiger charge is 2.20. The number of hydrogen-bond acceptors (Lipinski definition) is 3. The average Bonchev–Trinajstić information content (AvgIpc) is 2.46. The van der Waals surface area contributed by atoms with E-state index in [9.17, 15) is 4.79 Å². The molecule has 0 aromatic heterocycles. The molecule has 0 bridgehead atoms. The van der Waals surface area contributed by atoms with E-state index in [1.807, 2.05) is 30.3 Å². The van der Waals surface area contributed by atoms with Crippen molar-refractivity contribution < 1.29 is 14.6 Å². The summed E-state index contributed by atoms with van der Waals surface area (Å²) in [5.74, 6) is 0. The topological polar surface area (TPSA) is 49.8 Å². The van der Waals surface area contributed by atoms with Crippen LogP contribution >= 0.6 is 0 Å². The average molecular weight is 261 g/mol. The summed E-state index contributed by atoms with van der Waals surface area (Å²) in [6.45, 7) is 1.61. The van der Waals surface area contributed by atoms with E-state index in [1.165, 1.54) is 0 Å². The van der Waals surface area contributed by atoms with Crippen LogP contribution in [0.15, 0.2) is 42.0 Å². The summed E-state index contributed by atoms with van der Waals surface area (Å²) < 4.78 is 5.29. The molecule has 1 aromatic rings. The van der Waals surface area contributed by atoms with Gasteiger partial charge in [-0.2, -0.15) is 0 Å². The number of rotatable bonds is 3. The third kappa shape index (κ3) is 4.10. The van der Waals surface area contributed by atoms with Crippen LogP contribution in [0, 0.1) is 0 Å². The smallest absolute Gasteiger partial charge is 0.410 e. The Kier molecular flexibility index (Phi) is 4.98. The first kappa shape index (κ1) is 13.6. The molecule has 0 radical (unpaired) electrons. The van der Waals surface area contributed by atoms with Crippen LogP contribution in [0.4, 0.5) is 4.79 Å². The fourth-order valence-corrected chi connectivity index (χ4v) is 2.16. The number of likely N-dealkylation sites (tertiary alicyclic amines) is 1. The Balaban J connectivity index is 1.84. The van der Waals surface area contributed by atoms with Gasteiger partial charge < -0.3 is 14.7 Å². The fourth-order valence-electron chi connectivity index (χ4n) is 2.16. The minimum atomic E-state index is -0.285. The first-order chi connectivity index (χ1) is 9.29. The monoisotopic (exact) mass is 261 g/mol. The summed E-state index contributed by atoms with van der Waals surface area (Å²) in [4.78, 5) is 13.6. The van der Waals surface area contributed by atoms with Gasteiger partial charge in [0.05, 0.1) is 6.61 Å². The number of aliphatic hydroxyl groups is 1. The Bertz CT molecular complexity index is 442. The Morgan fingerprint density at radius 1 is 1.37 bits per heavy atom. The van der Waals surface area contributed by atoms with Crippen molar-refractivity contribution in [1.82, 2.24) is 4.90 Å². The second kappa shape index (κ2) is 6.95. The van der Waals surface area contributed by atoms with Crippen LogP contribution in [0.5, 0.6) is 0 Å². The van der Waals surface area contributed by atoms with Crippen LogP contribution in [0.2, 0.25) is 0 Å². The fraction of sp³-hybridized carbons (Fsp3) is 0.400. The molecule has 0 saturated carbocycles. The van der Waals surface area contributed by atoms with Crippen LogP contribution in [-0.2, 0) is 11.3 Å². The van der Waals surface area contributed by atoms with Crippen molar-refractivity contribution in [2.75, 3.05) is 19.7 Å². The van der Waals surface area contributed by atoms with E-state index in [2.05, 4.69) is 0 Å². The van der Waals surface area contributed by atoms with Gasteiger partial charge in [0.25, 0.3) is 0 Å². The van der Waals surface area contributed by atoms with E-state index < -0.39 is 0 Å². The van der Waals surface area contributed by atoms with Crippen molar-refractivity contribution in [2.45, 2.75) is 19.4 Å². The lowest BCUT2D eigenvalue weighted by Crippen LogP contribution is -2.37. The standard InChI is InChI=1S/C15H19NO3/c17-10-8-13-7-4-9-16(11-13)15(18)19-12-14-5-2-1-3-6-14/h1-3,5-6,8,17H,4,7,9-12H2. The highest BCUT2D eigenvalue weighted by molar-refractivity contribution is 5.68. The molecule has 1 amide bonds. The number of ether oxygens (including phenoxy) is 1. The molecule has 1 N–H and O–H groups in total. The van der Waals surface area contributed by atoms with E-state index in [1.54, 1.807) is 11.0 Å². The number of carbonyl (C=O) groups is 1. The SMILES string of the molecule is O=C(OCc1ccccc1)N1CCCC(=CCO)C1. The molecular formula is C15H19NO3. The second-order valence-corrected chi connectivity index (χ2v) is 4.61. The van der Waals surface area contributed by atoms with E-state index in [-0.39, 0.29) is 12.7 Å². The van der Waals surface area contributed by atoms with Gasteiger partial charge in [-0.05, 0) is 18.4 Å². The number of piperidine rings is 1. The molecule has 2 rings (SSSR count). The largest absolute Gasteiger partial charge is 0.445 e. The maximum absolute atomic E-state index is 11.9. The summed E-state index contributed by atoms with van der Waals surface area (Å²) >= 11 is 0. The normalized spacial score (nSPS) is 17.5. The number of hydrogen-bond donors (Lipinski definition) is 1.